The van der Waals surface area contributed by atoms with Crippen LogP contribution in [0.1, 0.15) is 23.0 Å². The van der Waals surface area contributed by atoms with Gasteiger partial charge in [0.1, 0.15) is 0 Å². The first-order chi connectivity index (χ1) is 6.86. The third-order valence-electron chi connectivity index (χ3n) is 1.64. The second-order valence-electron chi connectivity index (χ2n) is 2.78. The first-order valence-corrected chi connectivity index (χ1v) is 5.11. The highest BCUT2D eigenvalue weighted by molar-refractivity contribution is 7.99. The van der Waals surface area contributed by atoms with Gasteiger partial charge in [0.05, 0.1) is 0 Å². The van der Waals surface area contributed by atoms with Crippen LogP contribution in [0.15, 0.2) is 35.2 Å². The number of thioether (sulfide) groups is 1. The van der Waals surface area contributed by atoms with Crippen LogP contribution >= 0.6 is 11.8 Å². The average Bonchev–Trinajstić information content (AvgIpc) is 2.25. The van der Waals surface area contributed by atoms with Gasteiger partial charge in [-0.25, -0.2) is 0 Å². The highest BCUT2D eigenvalue weighted by Gasteiger charge is 1.98. The maximum atomic E-state index is 7.33. The number of rotatable bonds is 4. The minimum atomic E-state index is 0.373. The Balaban J connectivity index is 2.32. The van der Waals surface area contributed by atoms with Gasteiger partial charge in [-0.1, -0.05) is 38.4 Å². The van der Waals surface area contributed by atoms with E-state index < -0.39 is 0 Å². The second kappa shape index (κ2) is 5.26. The van der Waals surface area contributed by atoms with Crippen LogP contribution < -0.4 is 0 Å². The van der Waals surface area contributed by atoms with Crippen LogP contribution in [0.5, 0.6) is 0 Å². The van der Waals surface area contributed by atoms with E-state index in [4.69, 9.17) is 2.74 Å². The fourth-order valence-corrected chi connectivity index (χ4v) is 1.76. The summed E-state index contributed by atoms with van der Waals surface area (Å²) < 4.78 is 14.5. The highest BCUT2D eigenvalue weighted by Crippen LogP contribution is 2.20. The molecule has 0 saturated heterocycles. The minimum Gasteiger partial charge on any atom is -0.126 e. The smallest absolute Gasteiger partial charge is 0.0233 e. The maximum absolute atomic E-state index is 7.33. The second-order valence-corrected chi connectivity index (χ2v) is 3.87. The summed E-state index contributed by atoms with van der Waals surface area (Å²) in [5.41, 5.74) is 0. The molecule has 1 atom stereocenters. The Labute approximate surface area is 82.2 Å². The van der Waals surface area contributed by atoms with Crippen LogP contribution in [-0.2, 0) is 0 Å². The van der Waals surface area contributed by atoms with Crippen LogP contribution in [0.4, 0.5) is 0 Å². The van der Waals surface area contributed by atoms with Gasteiger partial charge < -0.3 is 0 Å². The van der Waals surface area contributed by atoms with Crippen molar-refractivity contribution in [2.24, 2.45) is 5.92 Å². The van der Waals surface area contributed by atoms with Crippen molar-refractivity contribution in [2.75, 3.05) is 5.75 Å². The Kier molecular flexibility index (Phi) is 3.08. The van der Waals surface area contributed by atoms with Crippen molar-refractivity contribution in [3.05, 3.63) is 30.3 Å². The van der Waals surface area contributed by atoms with Crippen molar-refractivity contribution >= 4 is 11.8 Å². The van der Waals surface area contributed by atoms with E-state index in [1.165, 1.54) is 4.90 Å². The molecule has 1 aromatic carbocycles. The molecule has 0 fully saturated rings. The molecule has 0 aliphatic heterocycles. The van der Waals surface area contributed by atoms with Gasteiger partial charge in [0, 0.05) is 13.4 Å². The molecule has 0 aliphatic rings. The Bertz CT molecular complexity index is 238. The van der Waals surface area contributed by atoms with Crippen molar-refractivity contribution in [2.45, 2.75) is 25.1 Å². The summed E-state index contributed by atoms with van der Waals surface area (Å²) in [5, 5.41) is 0. The molecule has 1 rings (SSSR count). The van der Waals surface area contributed by atoms with E-state index in [9.17, 15) is 0 Å². The molecule has 0 bridgehead atoms. The van der Waals surface area contributed by atoms with Gasteiger partial charge in [-0.3, -0.25) is 0 Å². The maximum Gasteiger partial charge on any atom is 0.0233 e. The van der Waals surface area contributed by atoms with Gasteiger partial charge in [0.25, 0.3) is 0 Å². The molecule has 0 spiro atoms. The summed E-state index contributed by atoms with van der Waals surface area (Å²) in [4.78, 5) is 1.26. The van der Waals surface area contributed by atoms with E-state index in [0.29, 0.717) is 19.7 Å². The Hall–Kier alpha value is -0.430. The predicted molar refractivity (Wildman–Crippen MR) is 56.6 cm³/mol. The topological polar surface area (TPSA) is 0 Å². The Morgan fingerprint density at radius 3 is 2.92 bits per heavy atom. The summed E-state index contributed by atoms with van der Waals surface area (Å²) in [5.74, 6) is 1.34. The van der Waals surface area contributed by atoms with Crippen LogP contribution in [0.25, 0.3) is 0 Å². The molecule has 0 aliphatic carbocycles. The van der Waals surface area contributed by atoms with E-state index in [-0.39, 0.29) is 0 Å². The average molecular weight is 182 g/mol. The molecule has 0 N–H and O–H groups in total. The van der Waals surface area contributed by atoms with Crippen molar-refractivity contribution in [1.82, 2.24) is 0 Å². The fourth-order valence-electron chi connectivity index (χ4n) is 0.814. The minimum absolute atomic E-state index is 0.373. The Morgan fingerprint density at radius 2 is 2.25 bits per heavy atom. The fraction of sp³-hybridized carbons (Fsp3) is 0.455. The predicted octanol–water partition coefficient (Wildman–Crippen LogP) is 3.82. The van der Waals surface area contributed by atoms with Crippen molar-refractivity contribution in [3.8, 4) is 0 Å². The van der Waals surface area contributed by atoms with Gasteiger partial charge in [0.15, 0.2) is 0 Å². The monoisotopic (exact) mass is 182 g/mol. The van der Waals surface area contributed by atoms with Crippen molar-refractivity contribution in [3.63, 3.8) is 0 Å². The van der Waals surface area contributed by atoms with E-state index in [0.717, 1.165) is 12.2 Å². The SMILES string of the molecule is [2H]CC[C@@H](C[2H])CSc1ccccc1. The molecule has 0 aromatic heterocycles. The lowest BCUT2D eigenvalue weighted by atomic mass is 10.2. The van der Waals surface area contributed by atoms with Gasteiger partial charge >= 0.3 is 0 Å². The lowest BCUT2D eigenvalue weighted by Crippen LogP contribution is -1.94. The molecule has 0 saturated carbocycles. The lowest BCUT2D eigenvalue weighted by Gasteiger charge is -2.06. The van der Waals surface area contributed by atoms with Gasteiger partial charge in [-0.15, -0.1) is 11.8 Å². The standard InChI is InChI=1S/C11H16S/c1-3-10(2)9-12-11-7-5-4-6-8-11/h4-8,10H,3,9H2,1-2H3/t10-/m1/s1/i1D,2D. The largest absolute Gasteiger partial charge is 0.126 e. The molecule has 12 heavy (non-hydrogen) atoms. The molecule has 0 radical (unpaired) electrons. The third kappa shape index (κ3) is 3.31. The number of hydrogen-bond acceptors (Lipinski definition) is 1. The quantitative estimate of drug-likeness (QED) is 0.638. The summed E-state index contributed by atoms with van der Waals surface area (Å²) >= 11 is 1.79. The Morgan fingerprint density at radius 1 is 1.42 bits per heavy atom. The van der Waals surface area contributed by atoms with E-state index in [1.807, 2.05) is 18.2 Å². The molecule has 0 heterocycles. The summed E-state index contributed by atoms with van der Waals surface area (Å²) in [7, 11) is 0. The van der Waals surface area contributed by atoms with Crippen molar-refractivity contribution in [1.29, 1.82) is 0 Å². The van der Waals surface area contributed by atoms with Gasteiger partial charge in [-0.05, 0) is 18.1 Å². The third-order valence-corrected chi connectivity index (χ3v) is 2.88. The number of benzene rings is 1. The first kappa shape index (κ1) is 7.02. The van der Waals surface area contributed by atoms with Crippen LogP contribution in [0.3, 0.4) is 0 Å². The molecule has 0 amide bonds. The molecule has 1 aromatic rings. The highest BCUT2D eigenvalue weighted by atomic mass is 32.2. The lowest BCUT2D eigenvalue weighted by molar-refractivity contribution is 0.637. The van der Waals surface area contributed by atoms with Crippen molar-refractivity contribution < 1.29 is 2.74 Å². The normalized spacial score (nSPS) is 15.0. The molecular formula is C11H16S. The molecule has 0 unspecified atom stereocenters. The summed E-state index contributed by atoms with van der Waals surface area (Å²) in [6.45, 7) is 0.887. The van der Waals surface area contributed by atoms with Crippen LogP contribution in [0.2, 0.25) is 0 Å². The van der Waals surface area contributed by atoms with E-state index in [1.54, 1.807) is 11.8 Å². The van der Waals surface area contributed by atoms with E-state index in [2.05, 4.69) is 12.1 Å². The van der Waals surface area contributed by atoms with Gasteiger partial charge in [0.2, 0.25) is 0 Å². The summed E-state index contributed by atoms with van der Waals surface area (Å²) in [6.07, 6.45) is 0.851. The zero-order valence-electron chi connectivity index (χ0n) is 9.20. The van der Waals surface area contributed by atoms with E-state index >= 15 is 0 Å². The van der Waals surface area contributed by atoms with Crippen LogP contribution in [0, 0.1) is 5.92 Å². The molecule has 66 valence electrons. The van der Waals surface area contributed by atoms with Gasteiger partial charge in [-0.2, -0.15) is 0 Å². The zero-order valence-corrected chi connectivity index (χ0v) is 8.02. The molecular weight excluding hydrogens is 164 g/mol. The number of hydrogen-bond donors (Lipinski definition) is 0. The molecule has 0 nitrogen and oxygen atoms in total. The van der Waals surface area contributed by atoms with Crippen LogP contribution in [-0.4, -0.2) is 5.75 Å². The zero-order chi connectivity index (χ0) is 10.2. The molecule has 1 heteroatoms. The summed E-state index contributed by atoms with van der Waals surface area (Å²) in [6, 6.07) is 10.2. The first-order valence-electron chi connectivity index (χ1n) is 5.54.